The Morgan fingerprint density at radius 1 is 1.11 bits per heavy atom. The highest BCUT2D eigenvalue weighted by Crippen LogP contribution is 2.32. The van der Waals surface area contributed by atoms with E-state index in [2.05, 4.69) is 4.90 Å². The largest absolute Gasteiger partial charge is 0.481 e. The maximum atomic E-state index is 10.6. The summed E-state index contributed by atoms with van der Waals surface area (Å²) in [5.41, 5.74) is 0. The second-order valence-corrected chi connectivity index (χ2v) is 6.07. The third-order valence-corrected chi connectivity index (χ3v) is 4.67. The topological polar surface area (TPSA) is 40.5 Å². The van der Waals surface area contributed by atoms with Crippen LogP contribution in [0.4, 0.5) is 0 Å². The fraction of sp³-hybridized carbons (Fsp3) is 0.933. The summed E-state index contributed by atoms with van der Waals surface area (Å²) in [6.07, 6.45) is 12.3. The zero-order valence-electron chi connectivity index (χ0n) is 11.4. The first-order valence-corrected chi connectivity index (χ1v) is 7.71. The van der Waals surface area contributed by atoms with E-state index >= 15 is 0 Å². The molecule has 18 heavy (non-hydrogen) atoms. The van der Waals surface area contributed by atoms with Gasteiger partial charge in [-0.15, -0.1) is 0 Å². The Labute approximate surface area is 111 Å². The first kappa shape index (κ1) is 13.9. The summed E-state index contributed by atoms with van der Waals surface area (Å²) in [5, 5.41) is 8.70. The monoisotopic (exact) mass is 253 g/mol. The molecule has 1 aliphatic heterocycles. The van der Waals surface area contributed by atoms with E-state index in [0.717, 1.165) is 24.9 Å². The van der Waals surface area contributed by atoms with Crippen LogP contribution >= 0.6 is 0 Å². The van der Waals surface area contributed by atoms with Crippen LogP contribution in [-0.2, 0) is 4.79 Å². The van der Waals surface area contributed by atoms with Crippen LogP contribution in [0.15, 0.2) is 0 Å². The van der Waals surface area contributed by atoms with E-state index in [-0.39, 0.29) is 0 Å². The van der Waals surface area contributed by atoms with Crippen molar-refractivity contribution in [2.24, 2.45) is 5.92 Å². The van der Waals surface area contributed by atoms with Crippen LogP contribution in [0.2, 0.25) is 0 Å². The summed E-state index contributed by atoms with van der Waals surface area (Å²) < 4.78 is 0. The summed E-state index contributed by atoms with van der Waals surface area (Å²) in [5.74, 6) is 0.293. The summed E-state index contributed by atoms with van der Waals surface area (Å²) in [4.78, 5) is 13.1. The average Bonchev–Trinajstić information content (AvgIpc) is 2.78. The molecule has 0 radical (unpaired) electrons. The molecule has 0 aromatic carbocycles. The molecule has 1 atom stereocenters. The zero-order chi connectivity index (χ0) is 12.8. The normalized spacial score (nSPS) is 26.6. The van der Waals surface area contributed by atoms with Crippen molar-refractivity contribution < 1.29 is 9.90 Å². The van der Waals surface area contributed by atoms with Gasteiger partial charge in [0.05, 0.1) is 0 Å². The molecule has 1 aliphatic carbocycles. The Kier molecular flexibility index (Phi) is 5.48. The fourth-order valence-electron chi connectivity index (χ4n) is 3.70. The summed E-state index contributed by atoms with van der Waals surface area (Å²) >= 11 is 0. The van der Waals surface area contributed by atoms with Crippen LogP contribution in [0.1, 0.15) is 64.2 Å². The molecule has 0 bridgehead atoms. The van der Waals surface area contributed by atoms with E-state index in [0.29, 0.717) is 6.42 Å². The molecule has 1 saturated heterocycles. The molecule has 2 fully saturated rings. The summed E-state index contributed by atoms with van der Waals surface area (Å²) in [6.45, 7) is 2.18. The van der Waals surface area contributed by atoms with Crippen molar-refractivity contribution in [3.63, 3.8) is 0 Å². The third-order valence-electron chi connectivity index (χ3n) is 4.67. The molecule has 2 aliphatic rings. The maximum Gasteiger partial charge on any atom is 0.303 e. The molecule has 104 valence electrons. The predicted molar refractivity (Wildman–Crippen MR) is 72.7 cm³/mol. The van der Waals surface area contributed by atoms with Crippen LogP contribution < -0.4 is 0 Å². The van der Waals surface area contributed by atoms with Gasteiger partial charge in [0.2, 0.25) is 0 Å². The van der Waals surface area contributed by atoms with Gasteiger partial charge in [-0.3, -0.25) is 4.79 Å². The van der Waals surface area contributed by atoms with Gasteiger partial charge in [-0.05, 0) is 44.7 Å². The molecule has 3 nitrogen and oxygen atoms in total. The molecule has 0 aromatic heterocycles. The number of rotatable bonds is 6. The molecule has 1 saturated carbocycles. The Balaban J connectivity index is 1.70. The number of hydrogen-bond acceptors (Lipinski definition) is 2. The van der Waals surface area contributed by atoms with Crippen LogP contribution in [-0.4, -0.2) is 35.1 Å². The maximum absolute atomic E-state index is 10.6. The van der Waals surface area contributed by atoms with Gasteiger partial charge in [-0.1, -0.05) is 32.1 Å². The number of aliphatic carboxylic acids is 1. The summed E-state index contributed by atoms with van der Waals surface area (Å²) in [7, 11) is 0. The molecule has 0 aromatic rings. The first-order valence-electron chi connectivity index (χ1n) is 7.71. The van der Waals surface area contributed by atoms with Crippen molar-refractivity contribution in [2.45, 2.75) is 70.3 Å². The minimum atomic E-state index is -0.655. The highest BCUT2D eigenvalue weighted by Gasteiger charge is 2.27. The highest BCUT2D eigenvalue weighted by atomic mass is 16.4. The van der Waals surface area contributed by atoms with Crippen molar-refractivity contribution >= 4 is 5.97 Å². The van der Waals surface area contributed by atoms with Gasteiger partial charge in [-0.25, -0.2) is 0 Å². The number of hydrogen-bond donors (Lipinski definition) is 1. The van der Waals surface area contributed by atoms with Gasteiger partial charge in [0.1, 0.15) is 0 Å². The lowest BCUT2D eigenvalue weighted by Crippen LogP contribution is -2.32. The van der Waals surface area contributed by atoms with Gasteiger partial charge in [-0.2, -0.15) is 0 Å². The quantitative estimate of drug-likeness (QED) is 0.789. The molecule has 3 heteroatoms. The molecule has 0 amide bonds. The van der Waals surface area contributed by atoms with Gasteiger partial charge in [0.25, 0.3) is 0 Å². The predicted octanol–water partition coefficient (Wildman–Crippen LogP) is 3.29. The Bertz CT molecular complexity index is 261. The average molecular weight is 253 g/mol. The number of carboxylic acids is 1. The summed E-state index contributed by atoms with van der Waals surface area (Å²) in [6, 6.07) is 0.752. The van der Waals surface area contributed by atoms with Crippen molar-refractivity contribution in [1.29, 1.82) is 0 Å². The third kappa shape index (κ3) is 4.27. The molecule has 0 spiro atoms. The van der Waals surface area contributed by atoms with Crippen LogP contribution in [0, 0.1) is 5.92 Å². The number of carboxylic acid groups (broad SMARTS) is 1. The van der Waals surface area contributed by atoms with Gasteiger partial charge < -0.3 is 10.0 Å². The molecule has 2 rings (SSSR count). The van der Waals surface area contributed by atoms with Crippen molar-refractivity contribution in [2.75, 3.05) is 13.1 Å². The second-order valence-electron chi connectivity index (χ2n) is 6.07. The van der Waals surface area contributed by atoms with Crippen LogP contribution in [0.25, 0.3) is 0 Å². The van der Waals surface area contributed by atoms with E-state index in [1.807, 2.05) is 0 Å². The molecule has 1 N–H and O–H groups in total. The van der Waals surface area contributed by atoms with E-state index < -0.39 is 5.97 Å². The minimum absolute atomic E-state index is 0.326. The lowest BCUT2D eigenvalue weighted by atomic mass is 9.84. The zero-order valence-corrected chi connectivity index (χ0v) is 11.4. The number of likely N-dealkylation sites (tertiary alicyclic amines) is 1. The lowest BCUT2D eigenvalue weighted by Gasteiger charge is -2.30. The van der Waals surface area contributed by atoms with E-state index in [1.54, 1.807) is 0 Å². The molecule has 1 unspecified atom stereocenters. The molecular formula is C15H27NO2. The Morgan fingerprint density at radius 3 is 2.61 bits per heavy atom. The van der Waals surface area contributed by atoms with Gasteiger partial charge >= 0.3 is 5.97 Å². The Hall–Kier alpha value is -0.570. The standard InChI is InChI=1S/C15H27NO2/c17-15(18)9-5-11-16-10-4-8-14(16)12-13-6-2-1-3-7-13/h13-14H,1-12H2,(H,17,18). The van der Waals surface area contributed by atoms with Crippen molar-refractivity contribution in [3.05, 3.63) is 0 Å². The van der Waals surface area contributed by atoms with Crippen LogP contribution in [0.5, 0.6) is 0 Å². The van der Waals surface area contributed by atoms with Crippen molar-refractivity contribution in [1.82, 2.24) is 4.90 Å². The fourth-order valence-corrected chi connectivity index (χ4v) is 3.70. The lowest BCUT2D eigenvalue weighted by molar-refractivity contribution is -0.137. The van der Waals surface area contributed by atoms with Gasteiger partial charge in [0.15, 0.2) is 0 Å². The highest BCUT2D eigenvalue weighted by molar-refractivity contribution is 5.66. The van der Waals surface area contributed by atoms with Crippen molar-refractivity contribution in [3.8, 4) is 0 Å². The van der Waals surface area contributed by atoms with E-state index in [9.17, 15) is 4.79 Å². The van der Waals surface area contributed by atoms with Gasteiger partial charge in [0, 0.05) is 12.5 Å². The second kappa shape index (κ2) is 7.13. The van der Waals surface area contributed by atoms with E-state index in [4.69, 9.17) is 5.11 Å². The molecular weight excluding hydrogens is 226 g/mol. The first-order chi connectivity index (χ1) is 8.75. The number of nitrogens with zero attached hydrogens (tertiary/aromatic N) is 1. The van der Waals surface area contributed by atoms with Crippen LogP contribution in [0.3, 0.4) is 0 Å². The Morgan fingerprint density at radius 2 is 1.89 bits per heavy atom. The smallest absolute Gasteiger partial charge is 0.303 e. The minimum Gasteiger partial charge on any atom is -0.481 e. The number of carbonyl (C=O) groups is 1. The SMILES string of the molecule is O=C(O)CCCN1CCCC1CC1CCCCC1. The molecule has 1 heterocycles. The van der Waals surface area contributed by atoms with E-state index in [1.165, 1.54) is 57.9 Å².